The molecule has 2 heterocycles. The van der Waals surface area contributed by atoms with Gasteiger partial charge in [0.2, 0.25) is 0 Å². The number of Topliss-reactive ketones (excluding diaryl/α,β-unsaturated/α-hetero) is 1. The third kappa shape index (κ3) is 4.90. The molecule has 0 amide bonds. The van der Waals surface area contributed by atoms with E-state index in [1.807, 2.05) is 18.4 Å². The van der Waals surface area contributed by atoms with E-state index >= 15 is 0 Å². The predicted molar refractivity (Wildman–Crippen MR) is 124 cm³/mol. The van der Waals surface area contributed by atoms with Crippen molar-refractivity contribution in [2.45, 2.75) is 27.3 Å². The summed E-state index contributed by atoms with van der Waals surface area (Å²) in [5.74, 6) is 0.0141. The Morgan fingerprint density at radius 3 is 2.67 bits per heavy atom. The minimum absolute atomic E-state index is 0.156. The lowest BCUT2D eigenvalue weighted by molar-refractivity contribution is -0.116. The van der Waals surface area contributed by atoms with Crippen molar-refractivity contribution in [2.24, 2.45) is 0 Å². The molecular weight excluding hydrogens is 453 g/mol. The number of benzene rings is 2. The highest BCUT2D eigenvalue weighted by Gasteiger charge is 2.23. The van der Waals surface area contributed by atoms with Crippen molar-refractivity contribution in [3.8, 4) is 6.07 Å². The summed E-state index contributed by atoms with van der Waals surface area (Å²) in [6.07, 6.45) is 0. The fraction of sp³-hybridized carbons (Fsp3) is 0.190. The number of thioether (sulfide) groups is 2. The van der Waals surface area contributed by atoms with Crippen LogP contribution in [0.15, 0.2) is 56.5 Å². The maximum Gasteiger partial charge on any atom is 0.175 e. The largest absolute Gasteiger partial charge is 0.297 e. The molecule has 150 valence electrons. The van der Waals surface area contributed by atoms with E-state index in [-0.39, 0.29) is 11.5 Å². The van der Waals surface area contributed by atoms with Gasteiger partial charge < -0.3 is 0 Å². The molecule has 4 rings (SSSR count). The average molecular weight is 469 g/mol. The summed E-state index contributed by atoms with van der Waals surface area (Å²) in [7, 11) is 0. The zero-order valence-electron chi connectivity index (χ0n) is 15.9. The van der Waals surface area contributed by atoms with E-state index in [1.165, 1.54) is 50.8 Å². The molecule has 1 atom stereocenters. The Balaban J connectivity index is 1.35. The van der Waals surface area contributed by atoms with Gasteiger partial charge in [0.05, 0.1) is 11.8 Å². The Morgan fingerprint density at radius 1 is 1.13 bits per heavy atom. The molecular formula is C21H16N4OS4. The Morgan fingerprint density at radius 2 is 1.90 bits per heavy atom. The summed E-state index contributed by atoms with van der Waals surface area (Å²) < 4.78 is 1.60. The number of rotatable bonds is 8. The van der Waals surface area contributed by atoms with E-state index in [4.69, 9.17) is 0 Å². The first kappa shape index (κ1) is 21.0. The van der Waals surface area contributed by atoms with Crippen LogP contribution >= 0.6 is 46.2 Å². The number of nitrogens with zero attached hydrogens (tertiary/aromatic N) is 4. The Hall–Kier alpha value is -2.25. The highest BCUT2D eigenvalue weighted by atomic mass is 32.2. The molecule has 5 nitrogen and oxygen atoms in total. The van der Waals surface area contributed by atoms with E-state index in [1.54, 1.807) is 11.8 Å². The molecule has 0 N–H and O–H groups in total. The fourth-order valence-corrected chi connectivity index (χ4v) is 6.65. The minimum atomic E-state index is -0.815. The van der Waals surface area contributed by atoms with E-state index in [0.29, 0.717) is 5.01 Å². The summed E-state index contributed by atoms with van der Waals surface area (Å²) in [4.78, 5) is 16.7. The second-order valence-electron chi connectivity index (χ2n) is 6.41. The molecule has 0 bridgehead atoms. The highest BCUT2D eigenvalue weighted by Crippen LogP contribution is 2.33. The number of hydrogen-bond donors (Lipinski definition) is 0. The number of aromatic nitrogens is 3. The van der Waals surface area contributed by atoms with Gasteiger partial charge in [-0.3, -0.25) is 4.79 Å². The summed E-state index contributed by atoms with van der Waals surface area (Å²) in [6.45, 7) is 1.85. The summed E-state index contributed by atoms with van der Waals surface area (Å²) in [6, 6.07) is 16.7. The number of thiazole rings is 1. The predicted octanol–water partition coefficient (Wildman–Crippen LogP) is 5.72. The topological polar surface area (TPSA) is 79.5 Å². The lowest BCUT2D eigenvalue weighted by Crippen LogP contribution is -2.13. The SMILES string of the molecule is Cc1csc([C@H](C#N)C(=O)CSc2nnc(SCc3cccc4ccccc34)s2)n1. The first-order valence-electron chi connectivity index (χ1n) is 9.04. The monoisotopic (exact) mass is 468 g/mol. The van der Waals surface area contributed by atoms with Gasteiger partial charge in [-0.2, -0.15) is 5.26 Å². The van der Waals surface area contributed by atoms with Gasteiger partial charge in [-0.1, -0.05) is 77.3 Å². The number of carbonyl (C=O) groups excluding carboxylic acids is 1. The molecule has 2 aromatic carbocycles. The molecule has 30 heavy (non-hydrogen) atoms. The molecule has 0 spiro atoms. The van der Waals surface area contributed by atoms with Gasteiger partial charge in [-0.15, -0.1) is 21.5 Å². The summed E-state index contributed by atoms with van der Waals surface area (Å²) in [5.41, 5.74) is 2.08. The lowest BCUT2D eigenvalue weighted by Gasteiger charge is -2.04. The third-order valence-electron chi connectivity index (χ3n) is 4.29. The van der Waals surface area contributed by atoms with Crippen LogP contribution in [0.25, 0.3) is 10.8 Å². The van der Waals surface area contributed by atoms with Gasteiger partial charge in [0.1, 0.15) is 5.01 Å². The normalized spacial score (nSPS) is 12.0. The van der Waals surface area contributed by atoms with Crippen molar-refractivity contribution in [1.29, 1.82) is 5.26 Å². The molecule has 0 radical (unpaired) electrons. The van der Waals surface area contributed by atoms with Crippen LogP contribution in [0.4, 0.5) is 0 Å². The van der Waals surface area contributed by atoms with Crippen molar-refractivity contribution in [1.82, 2.24) is 15.2 Å². The molecule has 0 unspecified atom stereocenters. The van der Waals surface area contributed by atoms with Crippen molar-refractivity contribution >= 4 is 62.8 Å². The maximum atomic E-state index is 12.5. The van der Waals surface area contributed by atoms with E-state index < -0.39 is 5.92 Å². The molecule has 9 heteroatoms. The first-order valence-corrected chi connectivity index (χ1v) is 12.7. The molecule has 0 saturated heterocycles. The molecule has 4 aromatic rings. The van der Waals surface area contributed by atoms with Gasteiger partial charge in [0.25, 0.3) is 0 Å². The molecule has 0 aliphatic heterocycles. The third-order valence-corrected chi connectivity index (χ3v) is 8.58. The zero-order chi connectivity index (χ0) is 20.9. The highest BCUT2D eigenvalue weighted by molar-refractivity contribution is 8.03. The van der Waals surface area contributed by atoms with Crippen LogP contribution in [0.3, 0.4) is 0 Å². The second-order valence-corrected chi connectivity index (χ2v) is 10.7. The number of carbonyl (C=O) groups is 1. The Labute approximate surface area is 190 Å². The average Bonchev–Trinajstić information content (AvgIpc) is 3.40. The molecule has 2 aromatic heterocycles. The van der Waals surface area contributed by atoms with Gasteiger partial charge in [-0.25, -0.2) is 4.98 Å². The van der Waals surface area contributed by atoms with Crippen LogP contribution < -0.4 is 0 Å². The first-order chi connectivity index (χ1) is 14.6. The van der Waals surface area contributed by atoms with Crippen LogP contribution in [-0.4, -0.2) is 26.7 Å². The van der Waals surface area contributed by atoms with Gasteiger partial charge in [-0.05, 0) is 23.3 Å². The maximum absolute atomic E-state index is 12.5. The fourth-order valence-electron chi connectivity index (χ4n) is 2.86. The quantitative estimate of drug-likeness (QED) is 0.306. The molecule has 0 saturated carbocycles. The standard InChI is InChI=1S/C21H16N4OS4/c1-13-10-27-19(23-13)17(9-22)18(26)12-29-21-25-24-20(30-21)28-11-15-7-4-6-14-5-2-3-8-16(14)15/h2-8,10,17H,11-12H2,1H3/t17-/m1/s1. The van der Waals surface area contributed by atoms with Crippen LogP contribution in [-0.2, 0) is 10.5 Å². The van der Waals surface area contributed by atoms with E-state index in [0.717, 1.165) is 20.1 Å². The number of ketones is 1. The Kier molecular flexibility index (Phi) is 6.79. The van der Waals surface area contributed by atoms with Crippen LogP contribution in [0, 0.1) is 18.3 Å². The summed E-state index contributed by atoms with van der Waals surface area (Å²) in [5, 5.41) is 22.7. The van der Waals surface area contributed by atoms with Crippen LogP contribution in [0.1, 0.15) is 22.2 Å². The number of hydrogen-bond acceptors (Lipinski definition) is 9. The van der Waals surface area contributed by atoms with Gasteiger partial charge in [0.15, 0.2) is 20.4 Å². The van der Waals surface area contributed by atoms with E-state index in [2.05, 4.69) is 57.6 Å². The molecule has 0 fully saturated rings. The minimum Gasteiger partial charge on any atom is -0.297 e. The van der Waals surface area contributed by atoms with Crippen molar-refractivity contribution in [3.63, 3.8) is 0 Å². The van der Waals surface area contributed by atoms with Crippen molar-refractivity contribution in [2.75, 3.05) is 5.75 Å². The van der Waals surface area contributed by atoms with Crippen LogP contribution in [0.5, 0.6) is 0 Å². The van der Waals surface area contributed by atoms with Gasteiger partial charge in [0, 0.05) is 16.8 Å². The van der Waals surface area contributed by atoms with E-state index in [9.17, 15) is 10.1 Å². The van der Waals surface area contributed by atoms with Crippen LogP contribution in [0.2, 0.25) is 0 Å². The van der Waals surface area contributed by atoms with Crippen molar-refractivity contribution in [3.05, 3.63) is 64.1 Å². The second kappa shape index (κ2) is 9.71. The number of fused-ring (bicyclic) bond motifs is 1. The summed E-state index contributed by atoms with van der Waals surface area (Å²) >= 11 is 5.79. The Bertz CT molecular complexity index is 1220. The number of nitriles is 1. The van der Waals surface area contributed by atoms with Crippen molar-refractivity contribution < 1.29 is 4.79 Å². The zero-order valence-corrected chi connectivity index (χ0v) is 19.2. The molecule has 0 aliphatic rings. The smallest absolute Gasteiger partial charge is 0.175 e. The number of aryl methyl sites for hydroxylation is 1. The van der Waals surface area contributed by atoms with Gasteiger partial charge >= 0.3 is 0 Å². The lowest BCUT2D eigenvalue weighted by atomic mass is 10.1. The molecule has 0 aliphatic carbocycles.